The third-order valence-electron chi connectivity index (χ3n) is 3.27. The van der Waals surface area contributed by atoms with Crippen LogP contribution < -0.4 is 5.32 Å². The molecule has 0 saturated carbocycles. The summed E-state index contributed by atoms with van der Waals surface area (Å²) in [4.78, 5) is 28.2. The number of aryl methyl sites for hydroxylation is 1. The highest BCUT2D eigenvalue weighted by atomic mass is 32.2. The molecule has 23 heavy (non-hydrogen) atoms. The first kappa shape index (κ1) is 15.4. The van der Waals surface area contributed by atoms with Gasteiger partial charge in [-0.15, -0.1) is 0 Å². The molecule has 3 aromatic rings. The van der Waals surface area contributed by atoms with E-state index in [4.69, 9.17) is 4.42 Å². The summed E-state index contributed by atoms with van der Waals surface area (Å²) in [5, 5.41) is 3.05. The number of imide groups is 1. The monoisotopic (exact) mass is 329 g/mol. The highest BCUT2D eigenvalue weighted by molar-refractivity contribution is 7.99. The topological polar surface area (TPSA) is 77.1 Å². The van der Waals surface area contributed by atoms with Crippen LogP contribution in [0.5, 0.6) is 0 Å². The van der Waals surface area contributed by atoms with Gasteiger partial charge in [0.15, 0.2) is 10.9 Å². The van der Waals surface area contributed by atoms with E-state index in [9.17, 15) is 9.59 Å². The zero-order valence-electron chi connectivity index (χ0n) is 12.5. The number of amides is 2. The summed E-state index contributed by atoms with van der Waals surface area (Å²) in [5.41, 5.74) is 1.92. The molecule has 0 unspecified atom stereocenters. The van der Waals surface area contributed by atoms with Crippen molar-refractivity contribution in [1.82, 2.24) is 14.9 Å². The van der Waals surface area contributed by atoms with E-state index >= 15 is 0 Å². The highest BCUT2D eigenvalue weighted by Gasteiger charge is 2.15. The van der Waals surface area contributed by atoms with Crippen LogP contribution in [0.25, 0.3) is 11.0 Å². The van der Waals surface area contributed by atoms with Gasteiger partial charge in [0.1, 0.15) is 0 Å². The maximum Gasteiger partial charge on any atom is 0.293 e. The number of aromatic nitrogens is 2. The lowest BCUT2D eigenvalue weighted by molar-refractivity contribution is -0.117. The Morgan fingerprint density at radius 3 is 2.83 bits per heavy atom. The zero-order chi connectivity index (χ0) is 16.2. The average molecular weight is 329 g/mol. The lowest BCUT2D eigenvalue weighted by atomic mass is 10.3. The molecule has 0 saturated heterocycles. The number of nitrogens with one attached hydrogen (secondary N) is 1. The number of thioether (sulfide) groups is 1. The number of hydrogen-bond acceptors (Lipinski definition) is 5. The molecule has 0 spiro atoms. The number of carbonyl (C=O) groups is 2. The van der Waals surface area contributed by atoms with Crippen LogP contribution >= 0.6 is 11.8 Å². The fourth-order valence-electron chi connectivity index (χ4n) is 2.23. The van der Waals surface area contributed by atoms with Gasteiger partial charge in [0, 0.05) is 6.54 Å². The van der Waals surface area contributed by atoms with Crippen LogP contribution in [0.2, 0.25) is 0 Å². The van der Waals surface area contributed by atoms with Crippen molar-refractivity contribution < 1.29 is 14.0 Å². The van der Waals surface area contributed by atoms with Crippen molar-refractivity contribution >= 4 is 34.6 Å². The minimum atomic E-state index is -0.537. The Kier molecular flexibility index (Phi) is 4.47. The van der Waals surface area contributed by atoms with Crippen molar-refractivity contribution in [3.63, 3.8) is 0 Å². The molecule has 118 valence electrons. The molecule has 2 heterocycles. The maximum atomic E-state index is 11.9. The van der Waals surface area contributed by atoms with Gasteiger partial charge in [-0.05, 0) is 31.2 Å². The number of carbonyl (C=O) groups excluding carboxylic acids is 2. The highest BCUT2D eigenvalue weighted by Crippen LogP contribution is 2.23. The molecule has 0 aliphatic carbocycles. The Balaban J connectivity index is 1.66. The summed E-state index contributed by atoms with van der Waals surface area (Å²) in [7, 11) is 0. The van der Waals surface area contributed by atoms with Crippen LogP contribution in [0.15, 0.2) is 52.2 Å². The summed E-state index contributed by atoms with van der Waals surface area (Å²) in [6.07, 6.45) is 1.39. The second kappa shape index (κ2) is 6.70. The Morgan fingerprint density at radius 1 is 1.26 bits per heavy atom. The van der Waals surface area contributed by atoms with Crippen LogP contribution in [0.1, 0.15) is 17.5 Å². The molecular formula is C16H15N3O3S. The van der Waals surface area contributed by atoms with E-state index in [1.54, 1.807) is 6.07 Å². The zero-order valence-corrected chi connectivity index (χ0v) is 13.3. The molecule has 0 radical (unpaired) electrons. The van der Waals surface area contributed by atoms with Crippen molar-refractivity contribution in [1.29, 1.82) is 0 Å². The number of furan rings is 1. The molecule has 0 atom stereocenters. The van der Waals surface area contributed by atoms with Crippen LogP contribution in [-0.2, 0) is 11.3 Å². The van der Waals surface area contributed by atoms with Crippen molar-refractivity contribution in [3.05, 3.63) is 48.4 Å². The summed E-state index contributed by atoms with van der Waals surface area (Å²) in [5.74, 6) is -0.699. The van der Waals surface area contributed by atoms with Crippen molar-refractivity contribution in [2.45, 2.75) is 18.6 Å². The van der Waals surface area contributed by atoms with Gasteiger partial charge in [0.05, 0.1) is 23.0 Å². The number of benzene rings is 1. The number of para-hydroxylation sites is 2. The smallest absolute Gasteiger partial charge is 0.293 e. The third kappa shape index (κ3) is 3.29. The van der Waals surface area contributed by atoms with Gasteiger partial charge in [-0.25, -0.2) is 4.98 Å². The molecule has 2 aromatic heterocycles. The standard InChI is InChI=1S/C16H15N3O3S/c1-2-19-12-7-4-3-6-11(12)17-16(19)23-10-14(20)18-15(21)13-8-5-9-22-13/h3-9H,2,10H2,1H3,(H,18,20,21). The van der Waals surface area contributed by atoms with Gasteiger partial charge in [-0.2, -0.15) is 0 Å². The Labute approximate surface area is 136 Å². The summed E-state index contributed by atoms with van der Waals surface area (Å²) < 4.78 is 6.99. The van der Waals surface area contributed by atoms with Gasteiger partial charge in [0.2, 0.25) is 5.91 Å². The average Bonchev–Trinajstić information content (AvgIpc) is 3.20. The van der Waals surface area contributed by atoms with Gasteiger partial charge in [-0.1, -0.05) is 23.9 Å². The number of nitrogens with zero attached hydrogens (tertiary/aromatic N) is 2. The van der Waals surface area contributed by atoms with Crippen LogP contribution in [0.3, 0.4) is 0 Å². The van der Waals surface area contributed by atoms with Crippen LogP contribution in [0.4, 0.5) is 0 Å². The SMILES string of the molecule is CCn1c(SCC(=O)NC(=O)c2ccco2)nc2ccccc21. The Bertz CT molecular complexity index is 840. The third-order valence-corrected chi connectivity index (χ3v) is 4.24. The fraction of sp³-hybridized carbons (Fsp3) is 0.188. The van der Waals surface area contributed by atoms with Crippen molar-refractivity contribution in [2.24, 2.45) is 0 Å². The molecule has 7 heteroatoms. The van der Waals surface area contributed by atoms with Crippen LogP contribution in [-0.4, -0.2) is 27.1 Å². The van der Waals surface area contributed by atoms with Gasteiger partial charge in [-0.3, -0.25) is 14.9 Å². The molecule has 3 rings (SSSR count). The lowest BCUT2D eigenvalue weighted by Crippen LogP contribution is -2.31. The first-order chi connectivity index (χ1) is 11.2. The first-order valence-electron chi connectivity index (χ1n) is 7.14. The van der Waals surface area contributed by atoms with E-state index in [1.807, 2.05) is 35.8 Å². The van der Waals surface area contributed by atoms with Gasteiger partial charge < -0.3 is 8.98 Å². The van der Waals surface area contributed by atoms with E-state index in [0.717, 1.165) is 22.7 Å². The Morgan fingerprint density at radius 2 is 2.09 bits per heavy atom. The number of rotatable bonds is 5. The van der Waals surface area contributed by atoms with Crippen LogP contribution in [0, 0.1) is 0 Å². The molecule has 2 amide bonds. The molecular weight excluding hydrogens is 314 g/mol. The molecule has 1 N–H and O–H groups in total. The van der Waals surface area contributed by atoms with Crippen molar-refractivity contribution in [2.75, 3.05) is 5.75 Å². The second-order valence-electron chi connectivity index (χ2n) is 4.77. The summed E-state index contributed by atoms with van der Waals surface area (Å²) >= 11 is 1.30. The van der Waals surface area contributed by atoms with E-state index in [1.165, 1.54) is 24.1 Å². The van der Waals surface area contributed by atoms with E-state index in [-0.39, 0.29) is 17.4 Å². The van der Waals surface area contributed by atoms with Gasteiger partial charge in [0.25, 0.3) is 5.91 Å². The van der Waals surface area contributed by atoms with E-state index < -0.39 is 5.91 Å². The summed E-state index contributed by atoms with van der Waals surface area (Å²) in [6.45, 7) is 2.79. The summed E-state index contributed by atoms with van der Waals surface area (Å²) in [6, 6.07) is 10.9. The molecule has 0 aliphatic heterocycles. The Hall–Kier alpha value is -2.54. The van der Waals surface area contributed by atoms with E-state index in [0.29, 0.717) is 0 Å². The fourth-order valence-corrected chi connectivity index (χ4v) is 3.11. The maximum absolute atomic E-state index is 11.9. The molecule has 6 nitrogen and oxygen atoms in total. The van der Waals surface area contributed by atoms with E-state index in [2.05, 4.69) is 10.3 Å². The molecule has 0 aliphatic rings. The molecule has 0 bridgehead atoms. The number of fused-ring (bicyclic) bond motifs is 1. The minimum absolute atomic E-state index is 0.107. The minimum Gasteiger partial charge on any atom is -0.459 e. The first-order valence-corrected chi connectivity index (χ1v) is 8.13. The van der Waals surface area contributed by atoms with Crippen molar-refractivity contribution in [3.8, 4) is 0 Å². The predicted molar refractivity (Wildman–Crippen MR) is 87.3 cm³/mol. The normalized spacial score (nSPS) is 10.8. The molecule has 0 fully saturated rings. The largest absolute Gasteiger partial charge is 0.459 e. The quantitative estimate of drug-likeness (QED) is 0.728. The molecule has 1 aromatic carbocycles. The number of imidazole rings is 1. The second-order valence-corrected chi connectivity index (χ2v) is 5.71. The van der Waals surface area contributed by atoms with Gasteiger partial charge >= 0.3 is 0 Å². The lowest BCUT2D eigenvalue weighted by Gasteiger charge is -2.05. The predicted octanol–water partition coefficient (Wildman–Crippen LogP) is 2.70. The number of hydrogen-bond donors (Lipinski definition) is 1.